The maximum atomic E-state index is 13.2. The number of amides is 2. The Morgan fingerprint density at radius 1 is 1.15 bits per heavy atom. The number of carbonyl (C=O) groups excluding carboxylic acids is 2. The van der Waals surface area contributed by atoms with E-state index in [0.29, 0.717) is 30.4 Å². The number of ether oxygens (including phenoxy) is 1. The van der Waals surface area contributed by atoms with Crippen LogP contribution in [0.3, 0.4) is 0 Å². The molecule has 5 rings (SSSR count). The minimum atomic E-state index is -0.351. The minimum Gasteiger partial charge on any atom is -0.439 e. The van der Waals surface area contributed by atoms with Crippen LogP contribution in [0.15, 0.2) is 71.7 Å². The topological polar surface area (TPSA) is 76.5 Å². The summed E-state index contributed by atoms with van der Waals surface area (Å²) in [6.45, 7) is 4.46. The fraction of sp³-hybridized carbons (Fsp3) is 0.160. The van der Waals surface area contributed by atoms with Gasteiger partial charge in [-0.25, -0.2) is 4.39 Å². The Morgan fingerprint density at radius 2 is 1.91 bits per heavy atom. The number of nitrogens with one attached hydrogen (secondary N) is 1. The van der Waals surface area contributed by atoms with Gasteiger partial charge in [0.25, 0.3) is 0 Å². The first-order valence-corrected chi connectivity index (χ1v) is 11.4. The quantitative estimate of drug-likeness (QED) is 0.381. The summed E-state index contributed by atoms with van der Waals surface area (Å²) < 4.78 is 21.8. The largest absolute Gasteiger partial charge is 0.439 e. The zero-order valence-corrected chi connectivity index (χ0v) is 19.6. The van der Waals surface area contributed by atoms with Gasteiger partial charge in [0, 0.05) is 34.4 Å². The van der Waals surface area contributed by atoms with Gasteiger partial charge in [-0.15, -0.1) is 0 Å². The van der Waals surface area contributed by atoms with E-state index in [2.05, 4.69) is 32.8 Å². The molecular formula is C25H20BrFN4O3. The lowest BCUT2D eigenvalue weighted by Crippen LogP contribution is -2.61. The second-order valence-corrected chi connectivity index (χ2v) is 8.95. The summed E-state index contributed by atoms with van der Waals surface area (Å²) in [6, 6.07) is 15.1. The lowest BCUT2D eigenvalue weighted by Gasteiger charge is -2.38. The number of aromatic nitrogens is 2. The molecule has 1 aliphatic heterocycles. The number of rotatable bonds is 6. The van der Waals surface area contributed by atoms with Crippen molar-refractivity contribution in [1.29, 1.82) is 0 Å². The summed E-state index contributed by atoms with van der Waals surface area (Å²) in [5.41, 5.74) is 1.46. The molecule has 1 N–H and O–H groups in total. The fourth-order valence-electron chi connectivity index (χ4n) is 4.06. The summed E-state index contributed by atoms with van der Waals surface area (Å²) in [5, 5.41) is 4.80. The van der Waals surface area contributed by atoms with Crippen molar-refractivity contribution in [1.82, 2.24) is 19.8 Å². The zero-order valence-electron chi connectivity index (χ0n) is 18.0. The van der Waals surface area contributed by atoms with E-state index in [9.17, 15) is 14.0 Å². The molecule has 7 nitrogen and oxygen atoms in total. The Labute approximate surface area is 202 Å². The van der Waals surface area contributed by atoms with Gasteiger partial charge in [-0.1, -0.05) is 22.5 Å². The second kappa shape index (κ2) is 8.90. The van der Waals surface area contributed by atoms with Crippen LogP contribution in [0.4, 0.5) is 4.39 Å². The Kier molecular flexibility index (Phi) is 5.79. The number of hydrogen-bond donors (Lipinski definition) is 1. The van der Waals surface area contributed by atoms with Crippen molar-refractivity contribution in [3.05, 3.63) is 77.5 Å². The first-order valence-electron chi connectivity index (χ1n) is 10.6. The van der Waals surface area contributed by atoms with Crippen molar-refractivity contribution in [2.45, 2.75) is 12.6 Å². The SMILES string of the molecule is C=CC(=O)N1CC(NC(=O)Cn2c3ccc(Br)cc3c3ccc(Oc4ccc(F)cc4)nc32)C1. The second-order valence-electron chi connectivity index (χ2n) is 8.04. The maximum Gasteiger partial charge on any atom is 0.246 e. The molecule has 9 heteroatoms. The molecule has 0 bridgehead atoms. The van der Waals surface area contributed by atoms with Gasteiger partial charge in [0.05, 0.1) is 11.6 Å². The summed E-state index contributed by atoms with van der Waals surface area (Å²) >= 11 is 3.51. The summed E-state index contributed by atoms with van der Waals surface area (Å²) in [7, 11) is 0. The summed E-state index contributed by atoms with van der Waals surface area (Å²) in [4.78, 5) is 30.8. The predicted molar refractivity (Wildman–Crippen MR) is 130 cm³/mol. The van der Waals surface area contributed by atoms with Crippen molar-refractivity contribution in [3.63, 3.8) is 0 Å². The van der Waals surface area contributed by atoms with Crippen LogP contribution in [-0.2, 0) is 16.1 Å². The van der Waals surface area contributed by atoms with E-state index in [4.69, 9.17) is 4.74 Å². The van der Waals surface area contributed by atoms with Gasteiger partial charge < -0.3 is 19.5 Å². The van der Waals surface area contributed by atoms with Crippen molar-refractivity contribution >= 4 is 49.7 Å². The van der Waals surface area contributed by atoms with Crippen LogP contribution in [-0.4, -0.2) is 45.4 Å². The molecule has 1 saturated heterocycles. The molecule has 2 amide bonds. The van der Waals surface area contributed by atoms with Gasteiger partial charge in [0.2, 0.25) is 17.7 Å². The van der Waals surface area contributed by atoms with Gasteiger partial charge >= 0.3 is 0 Å². The monoisotopic (exact) mass is 522 g/mol. The van der Waals surface area contributed by atoms with Crippen molar-refractivity contribution in [2.24, 2.45) is 0 Å². The molecule has 1 aliphatic rings. The smallest absolute Gasteiger partial charge is 0.246 e. The number of likely N-dealkylation sites (tertiary alicyclic amines) is 1. The highest BCUT2D eigenvalue weighted by Gasteiger charge is 2.30. The number of pyridine rings is 1. The number of benzene rings is 2. The molecule has 34 heavy (non-hydrogen) atoms. The number of hydrogen-bond acceptors (Lipinski definition) is 4. The van der Waals surface area contributed by atoms with Gasteiger partial charge in [0.15, 0.2) is 0 Å². The van der Waals surface area contributed by atoms with E-state index >= 15 is 0 Å². The first-order chi connectivity index (χ1) is 16.4. The van der Waals surface area contributed by atoms with Gasteiger partial charge in [-0.2, -0.15) is 4.98 Å². The number of nitrogens with zero attached hydrogens (tertiary/aromatic N) is 3. The molecule has 4 aromatic rings. The molecule has 0 spiro atoms. The van der Waals surface area contributed by atoms with Crippen LogP contribution >= 0.6 is 15.9 Å². The molecule has 172 valence electrons. The third-order valence-corrected chi connectivity index (χ3v) is 6.21. The lowest BCUT2D eigenvalue weighted by molar-refractivity contribution is -0.133. The molecule has 0 saturated carbocycles. The third kappa shape index (κ3) is 4.26. The van der Waals surface area contributed by atoms with Gasteiger partial charge in [-0.3, -0.25) is 9.59 Å². The molecule has 0 radical (unpaired) electrons. The van der Waals surface area contributed by atoms with Gasteiger partial charge in [0.1, 0.15) is 23.8 Å². The van der Waals surface area contributed by atoms with Crippen LogP contribution in [0.1, 0.15) is 0 Å². The molecule has 0 aliphatic carbocycles. The van der Waals surface area contributed by atoms with Crippen molar-refractivity contribution in [3.8, 4) is 11.6 Å². The highest BCUT2D eigenvalue weighted by Crippen LogP contribution is 2.32. The van der Waals surface area contributed by atoms with Crippen LogP contribution in [0, 0.1) is 5.82 Å². The van der Waals surface area contributed by atoms with Crippen LogP contribution < -0.4 is 10.1 Å². The van der Waals surface area contributed by atoms with E-state index in [1.165, 1.54) is 30.3 Å². The van der Waals surface area contributed by atoms with Crippen LogP contribution in [0.5, 0.6) is 11.6 Å². The Morgan fingerprint density at radius 3 is 2.65 bits per heavy atom. The standard InChI is InChI=1S/C25H20BrFN4O3/c1-2-24(33)30-12-17(13-30)28-22(32)14-31-21-9-3-15(26)11-20(21)19-8-10-23(29-25(19)31)34-18-6-4-16(27)5-7-18/h2-11,17H,1,12-14H2,(H,28,32). The number of halogens is 2. The highest BCUT2D eigenvalue weighted by atomic mass is 79.9. The third-order valence-electron chi connectivity index (χ3n) is 5.72. The summed E-state index contributed by atoms with van der Waals surface area (Å²) in [6.07, 6.45) is 1.27. The Bertz CT molecular complexity index is 1430. The molecule has 2 aromatic heterocycles. The van der Waals surface area contributed by atoms with Gasteiger partial charge in [-0.05, 0) is 54.6 Å². The maximum absolute atomic E-state index is 13.2. The average Bonchev–Trinajstić information content (AvgIpc) is 3.09. The average molecular weight is 523 g/mol. The lowest BCUT2D eigenvalue weighted by atomic mass is 10.1. The van der Waals surface area contributed by atoms with Crippen LogP contribution in [0.25, 0.3) is 21.9 Å². The highest BCUT2D eigenvalue weighted by molar-refractivity contribution is 9.10. The van der Waals surface area contributed by atoms with E-state index < -0.39 is 0 Å². The Balaban J connectivity index is 1.43. The Hall–Kier alpha value is -3.72. The number of fused-ring (bicyclic) bond motifs is 3. The van der Waals surface area contributed by atoms with E-state index in [1.807, 2.05) is 28.8 Å². The predicted octanol–water partition coefficient (Wildman–Crippen LogP) is 4.40. The zero-order chi connectivity index (χ0) is 23.8. The van der Waals surface area contributed by atoms with Crippen LogP contribution in [0.2, 0.25) is 0 Å². The molecule has 1 fully saturated rings. The molecule has 3 heterocycles. The number of carbonyl (C=O) groups is 2. The van der Waals surface area contributed by atoms with E-state index in [1.54, 1.807) is 11.0 Å². The fourth-order valence-corrected chi connectivity index (χ4v) is 4.42. The molecular weight excluding hydrogens is 503 g/mol. The van der Waals surface area contributed by atoms with E-state index in [-0.39, 0.29) is 30.2 Å². The molecule has 2 aromatic carbocycles. The van der Waals surface area contributed by atoms with Crippen molar-refractivity contribution < 1.29 is 18.7 Å². The normalized spacial score (nSPS) is 13.6. The summed E-state index contributed by atoms with van der Waals surface area (Å²) in [5.74, 6) is 0.122. The first kappa shape index (κ1) is 22.1. The molecule has 0 atom stereocenters. The molecule has 0 unspecified atom stereocenters. The van der Waals surface area contributed by atoms with Crippen molar-refractivity contribution in [2.75, 3.05) is 13.1 Å². The minimum absolute atomic E-state index is 0.0561. The van der Waals surface area contributed by atoms with E-state index in [0.717, 1.165) is 20.8 Å².